The van der Waals surface area contributed by atoms with Crippen LogP contribution in [0.15, 0.2) is 12.3 Å². The maximum Gasteiger partial charge on any atom is 0.0776 e. The second kappa shape index (κ2) is 5.12. The van der Waals surface area contributed by atoms with E-state index < -0.39 is 0 Å². The van der Waals surface area contributed by atoms with Crippen LogP contribution in [-0.2, 0) is 6.54 Å². The number of hydrogen-bond donors (Lipinski definition) is 1. The van der Waals surface area contributed by atoms with Gasteiger partial charge >= 0.3 is 0 Å². The molecule has 1 unspecified atom stereocenters. The molecule has 1 atom stereocenters. The zero-order valence-corrected chi connectivity index (χ0v) is 9.49. The molecule has 0 spiro atoms. The lowest BCUT2D eigenvalue weighted by atomic mass is 10.3. The average molecular weight is 196 g/mol. The Morgan fingerprint density at radius 3 is 2.86 bits per heavy atom. The number of nitrogens with one attached hydrogen (secondary N) is 1. The number of nitrogens with zero attached hydrogens (tertiary/aromatic N) is 3. The summed E-state index contributed by atoms with van der Waals surface area (Å²) in [6.07, 6.45) is 3.16. The van der Waals surface area contributed by atoms with E-state index in [-0.39, 0.29) is 0 Å². The molecule has 4 nitrogen and oxygen atoms in total. The van der Waals surface area contributed by atoms with Crippen LogP contribution in [0.5, 0.6) is 0 Å². The summed E-state index contributed by atoms with van der Waals surface area (Å²) in [7, 11) is 3.96. The van der Waals surface area contributed by atoms with Crippen LogP contribution in [0.3, 0.4) is 0 Å². The molecule has 0 saturated carbocycles. The molecule has 0 amide bonds. The lowest BCUT2D eigenvalue weighted by Gasteiger charge is -2.10. The molecule has 4 heteroatoms. The molecule has 0 aliphatic heterocycles. The second-order valence-corrected chi connectivity index (χ2v) is 3.77. The van der Waals surface area contributed by atoms with E-state index in [1.165, 1.54) is 0 Å². The maximum absolute atomic E-state index is 4.48. The summed E-state index contributed by atoms with van der Waals surface area (Å²) in [5.74, 6) is 0. The fourth-order valence-corrected chi connectivity index (χ4v) is 1.14. The van der Waals surface area contributed by atoms with E-state index in [0.29, 0.717) is 6.04 Å². The highest BCUT2D eigenvalue weighted by atomic mass is 15.5. The third kappa shape index (κ3) is 3.12. The highest BCUT2D eigenvalue weighted by Gasteiger charge is 2.03. The van der Waals surface area contributed by atoms with Crippen molar-refractivity contribution < 1.29 is 0 Å². The summed E-state index contributed by atoms with van der Waals surface area (Å²) < 4.78 is 2.02. The standard InChI is InChI=1S/C10H20N4/c1-5-9(2)14-7-6-10(12-14)8-11-13(3)4/h6-7,9,11H,5,8H2,1-4H3. The molecule has 1 rings (SSSR count). The quantitative estimate of drug-likeness (QED) is 0.723. The smallest absolute Gasteiger partial charge is 0.0776 e. The third-order valence-electron chi connectivity index (χ3n) is 2.28. The minimum atomic E-state index is 0.489. The summed E-state index contributed by atoms with van der Waals surface area (Å²) in [6.45, 7) is 5.14. The van der Waals surface area contributed by atoms with Crippen molar-refractivity contribution >= 4 is 0 Å². The molecule has 0 fully saturated rings. The number of aromatic nitrogens is 2. The SMILES string of the molecule is CCC(C)n1ccc(CNN(C)C)n1. The van der Waals surface area contributed by atoms with Crippen LogP contribution < -0.4 is 5.43 Å². The predicted octanol–water partition coefficient (Wildman–Crippen LogP) is 1.42. The van der Waals surface area contributed by atoms with Gasteiger partial charge in [-0.3, -0.25) is 9.69 Å². The molecule has 1 aromatic rings. The Labute approximate surface area is 85.9 Å². The number of rotatable bonds is 5. The van der Waals surface area contributed by atoms with Crippen molar-refractivity contribution in [1.82, 2.24) is 20.2 Å². The fourth-order valence-electron chi connectivity index (χ4n) is 1.14. The molecule has 1 N–H and O–H groups in total. The Morgan fingerprint density at radius 1 is 1.57 bits per heavy atom. The van der Waals surface area contributed by atoms with Crippen LogP contribution in [0.2, 0.25) is 0 Å². The van der Waals surface area contributed by atoms with Gasteiger partial charge < -0.3 is 0 Å². The Kier molecular flexibility index (Phi) is 4.10. The molecular formula is C10H20N4. The van der Waals surface area contributed by atoms with Gasteiger partial charge in [-0.15, -0.1) is 0 Å². The minimum absolute atomic E-state index is 0.489. The van der Waals surface area contributed by atoms with Gasteiger partial charge in [0, 0.05) is 26.3 Å². The van der Waals surface area contributed by atoms with Crippen molar-refractivity contribution in [3.8, 4) is 0 Å². The van der Waals surface area contributed by atoms with E-state index in [1.807, 2.05) is 30.0 Å². The van der Waals surface area contributed by atoms with Crippen LogP contribution >= 0.6 is 0 Å². The van der Waals surface area contributed by atoms with E-state index in [9.17, 15) is 0 Å². The van der Waals surface area contributed by atoms with E-state index in [0.717, 1.165) is 18.7 Å². The van der Waals surface area contributed by atoms with Gasteiger partial charge in [0.1, 0.15) is 0 Å². The number of hydrogen-bond acceptors (Lipinski definition) is 3. The molecule has 1 heterocycles. The first kappa shape index (κ1) is 11.2. The Hall–Kier alpha value is -0.870. The van der Waals surface area contributed by atoms with Gasteiger partial charge in [0.05, 0.1) is 12.2 Å². The molecule has 14 heavy (non-hydrogen) atoms. The van der Waals surface area contributed by atoms with Crippen molar-refractivity contribution in [1.29, 1.82) is 0 Å². The largest absolute Gasteiger partial charge is 0.270 e. The van der Waals surface area contributed by atoms with E-state index in [4.69, 9.17) is 0 Å². The van der Waals surface area contributed by atoms with Gasteiger partial charge in [0.2, 0.25) is 0 Å². The minimum Gasteiger partial charge on any atom is -0.270 e. The van der Waals surface area contributed by atoms with Crippen molar-refractivity contribution in [2.45, 2.75) is 32.9 Å². The summed E-state index contributed by atoms with van der Waals surface area (Å²) in [5.41, 5.74) is 4.27. The lowest BCUT2D eigenvalue weighted by Crippen LogP contribution is -2.29. The zero-order chi connectivity index (χ0) is 10.6. The lowest BCUT2D eigenvalue weighted by molar-refractivity contribution is 0.283. The topological polar surface area (TPSA) is 33.1 Å². The highest BCUT2D eigenvalue weighted by molar-refractivity contribution is 4.98. The maximum atomic E-state index is 4.48. The van der Waals surface area contributed by atoms with Gasteiger partial charge in [-0.1, -0.05) is 6.92 Å². The van der Waals surface area contributed by atoms with Gasteiger partial charge in [-0.2, -0.15) is 5.10 Å². The first-order chi connectivity index (χ1) is 6.63. The van der Waals surface area contributed by atoms with Gasteiger partial charge in [0.15, 0.2) is 0 Å². The van der Waals surface area contributed by atoms with E-state index in [2.05, 4.69) is 30.4 Å². The van der Waals surface area contributed by atoms with E-state index in [1.54, 1.807) is 0 Å². The van der Waals surface area contributed by atoms with Crippen LogP contribution in [0.25, 0.3) is 0 Å². The average Bonchev–Trinajstić information content (AvgIpc) is 2.62. The number of hydrazine groups is 1. The fraction of sp³-hybridized carbons (Fsp3) is 0.700. The van der Waals surface area contributed by atoms with Crippen molar-refractivity contribution in [2.24, 2.45) is 0 Å². The molecule has 0 aromatic carbocycles. The summed E-state index contributed by atoms with van der Waals surface area (Å²) in [5, 5.41) is 6.41. The first-order valence-electron chi connectivity index (χ1n) is 5.08. The Bertz CT molecular complexity index is 267. The molecule has 1 aromatic heterocycles. The van der Waals surface area contributed by atoms with Crippen LogP contribution in [0.4, 0.5) is 0 Å². The highest BCUT2D eigenvalue weighted by Crippen LogP contribution is 2.08. The molecule has 80 valence electrons. The van der Waals surface area contributed by atoms with Crippen LogP contribution in [0.1, 0.15) is 32.0 Å². The van der Waals surface area contributed by atoms with Gasteiger partial charge in [0.25, 0.3) is 0 Å². The van der Waals surface area contributed by atoms with Gasteiger partial charge in [-0.05, 0) is 19.4 Å². The molecule has 0 aliphatic rings. The van der Waals surface area contributed by atoms with E-state index >= 15 is 0 Å². The van der Waals surface area contributed by atoms with Crippen LogP contribution in [0, 0.1) is 0 Å². The normalized spacial score (nSPS) is 13.5. The molecule has 0 saturated heterocycles. The molecule has 0 radical (unpaired) electrons. The zero-order valence-electron chi connectivity index (χ0n) is 9.49. The third-order valence-corrected chi connectivity index (χ3v) is 2.28. The Morgan fingerprint density at radius 2 is 2.29 bits per heavy atom. The van der Waals surface area contributed by atoms with Crippen molar-refractivity contribution in [3.63, 3.8) is 0 Å². The first-order valence-corrected chi connectivity index (χ1v) is 5.08. The van der Waals surface area contributed by atoms with Crippen molar-refractivity contribution in [2.75, 3.05) is 14.1 Å². The monoisotopic (exact) mass is 196 g/mol. The Balaban J connectivity index is 2.50. The summed E-state index contributed by atoms with van der Waals surface area (Å²) >= 11 is 0. The molecule has 0 aliphatic carbocycles. The van der Waals surface area contributed by atoms with Crippen molar-refractivity contribution in [3.05, 3.63) is 18.0 Å². The summed E-state index contributed by atoms with van der Waals surface area (Å²) in [6, 6.07) is 2.55. The van der Waals surface area contributed by atoms with Gasteiger partial charge in [-0.25, -0.2) is 5.43 Å². The van der Waals surface area contributed by atoms with Crippen LogP contribution in [-0.4, -0.2) is 28.9 Å². The molecule has 0 bridgehead atoms. The summed E-state index contributed by atoms with van der Waals surface area (Å²) in [4.78, 5) is 0. The second-order valence-electron chi connectivity index (χ2n) is 3.77. The molecular weight excluding hydrogens is 176 g/mol. The predicted molar refractivity (Wildman–Crippen MR) is 57.8 cm³/mol.